The molecule has 3 rings (SSSR count). The van der Waals surface area contributed by atoms with Crippen molar-refractivity contribution < 1.29 is 23.9 Å². The van der Waals surface area contributed by atoms with Crippen molar-refractivity contribution in [2.24, 2.45) is 0 Å². The Bertz CT molecular complexity index is 927. The van der Waals surface area contributed by atoms with Crippen LogP contribution in [0.5, 0.6) is 0 Å². The number of carbonyl (C=O) groups excluding carboxylic acids is 4. The number of imide groups is 1. The van der Waals surface area contributed by atoms with Gasteiger partial charge in [-0.1, -0.05) is 30.3 Å². The maximum absolute atomic E-state index is 12.8. The Hall–Kier alpha value is -3.20. The molecule has 1 unspecified atom stereocenters. The molecule has 8 nitrogen and oxygen atoms in total. The molecule has 1 fully saturated rings. The summed E-state index contributed by atoms with van der Waals surface area (Å²) in [6.07, 6.45) is 0. The predicted octanol–water partition coefficient (Wildman–Crippen LogP) is 2.33. The molecule has 2 heterocycles. The summed E-state index contributed by atoms with van der Waals surface area (Å²) in [4.78, 5) is 50.3. The highest BCUT2D eigenvalue weighted by molar-refractivity contribution is 7.14. The Kier molecular flexibility index (Phi) is 5.46. The van der Waals surface area contributed by atoms with E-state index in [1.54, 1.807) is 49.6 Å². The number of hydrogen-bond donors (Lipinski definition) is 2. The van der Waals surface area contributed by atoms with Crippen LogP contribution in [-0.4, -0.2) is 41.9 Å². The number of ether oxygens (including phenoxy) is 1. The number of benzene rings is 1. The van der Waals surface area contributed by atoms with Crippen LogP contribution in [0.2, 0.25) is 0 Å². The first-order valence-corrected chi connectivity index (χ1v) is 9.49. The number of urea groups is 1. The molecule has 2 aromatic rings. The molecule has 28 heavy (non-hydrogen) atoms. The molecule has 1 aromatic heterocycles. The third-order valence-electron chi connectivity index (χ3n) is 4.34. The molecule has 2 N–H and O–H groups in total. The van der Waals surface area contributed by atoms with Gasteiger partial charge >= 0.3 is 12.0 Å². The van der Waals surface area contributed by atoms with Crippen molar-refractivity contribution >= 4 is 40.2 Å². The minimum absolute atomic E-state index is 0.211. The quantitative estimate of drug-likeness (QED) is 0.571. The lowest BCUT2D eigenvalue weighted by atomic mass is 9.92. The van der Waals surface area contributed by atoms with Gasteiger partial charge in [0.25, 0.3) is 5.91 Å². The number of esters is 1. The molecule has 1 aliphatic heterocycles. The van der Waals surface area contributed by atoms with E-state index in [-0.39, 0.29) is 12.2 Å². The maximum Gasteiger partial charge on any atom is 0.341 e. The van der Waals surface area contributed by atoms with Gasteiger partial charge in [0, 0.05) is 0 Å². The number of carbonyl (C=O) groups is 4. The van der Waals surface area contributed by atoms with Crippen molar-refractivity contribution in [1.82, 2.24) is 10.2 Å². The van der Waals surface area contributed by atoms with E-state index in [1.807, 2.05) is 6.07 Å². The van der Waals surface area contributed by atoms with Crippen LogP contribution in [0.3, 0.4) is 0 Å². The van der Waals surface area contributed by atoms with Crippen LogP contribution in [0.4, 0.5) is 9.80 Å². The van der Waals surface area contributed by atoms with E-state index in [1.165, 1.54) is 0 Å². The van der Waals surface area contributed by atoms with Crippen molar-refractivity contribution in [3.63, 3.8) is 0 Å². The standard InChI is InChI=1S/C19H19N3O5S/c1-3-27-16(24)13-9-10-28-15(13)20-14(23)11-22-17(25)19(2,21-18(22)26)12-7-5-4-6-8-12/h4-10H,3,11H2,1-2H3,(H,20,23)(H,21,26). The van der Waals surface area contributed by atoms with E-state index in [9.17, 15) is 19.2 Å². The number of amides is 4. The van der Waals surface area contributed by atoms with Gasteiger partial charge in [-0.15, -0.1) is 11.3 Å². The van der Waals surface area contributed by atoms with Crippen molar-refractivity contribution in [2.45, 2.75) is 19.4 Å². The monoisotopic (exact) mass is 401 g/mol. The Labute approximate surface area is 165 Å². The summed E-state index contributed by atoms with van der Waals surface area (Å²) in [6, 6.07) is 9.70. The fourth-order valence-electron chi connectivity index (χ4n) is 2.89. The van der Waals surface area contributed by atoms with Gasteiger partial charge in [-0.25, -0.2) is 9.59 Å². The van der Waals surface area contributed by atoms with Gasteiger partial charge in [0.1, 0.15) is 17.1 Å². The Morgan fingerprint density at radius 1 is 1.21 bits per heavy atom. The minimum atomic E-state index is -1.24. The lowest BCUT2D eigenvalue weighted by molar-refractivity contribution is -0.133. The summed E-state index contributed by atoms with van der Waals surface area (Å²) in [6.45, 7) is 3.03. The number of anilines is 1. The van der Waals surface area contributed by atoms with Gasteiger partial charge in [-0.3, -0.25) is 14.5 Å². The van der Waals surface area contributed by atoms with Crippen molar-refractivity contribution in [2.75, 3.05) is 18.5 Å². The van der Waals surface area contributed by atoms with Crippen molar-refractivity contribution in [3.8, 4) is 0 Å². The van der Waals surface area contributed by atoms with Crippen LogP contribution >= 0.6 is 11.3 Å². The van der Waals surface area contributed by atoms with E-state index in [2.05, 4.69) is 10.6 Å². The fourth-order valence-corrected chi connectivity index (χ4v) is 3.68. The number of nitrogens with one attached hydrogen (secondary N) is 2. The van der Waals surface area contributed by atoms with Gasteiger partial charge in [-0.05, 0) is 30.9 Å². The van der Waals surface area contributed by atoms with Gasteiger partial charge in [0.15, 0.2) is 0 Å². The second-order valence-corrected chi connectivity index (χ2v) is 7.16. The molecule has 0 spiro atoms. The van der Waals surface area contributed by atoms with Gasteiger partial charge in [0.05, 0.1) is 12.2 Å². The maximum atomic E-state index is 12.8. The largest absolute Gasteiger partial charge is 0.462 e. The molecule has 146 valence electrons. The van der Waals surface area contributed by atoms with Crippen LogP contribution in [0.15, 0.2) is 41.8 Å². The summed E-state index contributed by atoms with van der Waals surface area (Å²) in [7, 11) is 0. The first kappa shape index (κ1) is 19.6. The SMILES string of the molecule is CCOC(=O)c1ccsc1NC(=O)CN1C(=O)NC(C)(c2ccccc2)C1=O. The smallest absolute Gasteiger partial charge is 0.341 e. The molecule has 1 aromatic carbocycles. The van der Waals surface area contributed by atoms with Crippen molar-refractivity contribution in [3.05, 3.63) is 52.9 Å². The zero-order valence-corrected chi connectivity index (χ0v) is 16.2. The average molecular weight is 401 g/mol. The number of rotatable bonds is 6. The van der Waals surface area contributed by atoms with Gasteiger partial charge < -0.3 is 15.4 Å². The average Bonchev–Trinajstić information content (AvgIpc) is 3.21. The van der Waals surface area contributed by atoms with E-state index >= 15 is 0 Å². The number of hydrogen-bond acceptors (Lipinski definition) is 6. The highest BCUT2D eigenvalue weighted by Crippen LogP contribution is 2.29. The first-order chi connectivity index (χ1) is 13.4. The molecule has 0 aliphatic carbocycles. The van der Waals surface area contributed by atoms with E-state index in [4.69, 9.17) is 4.74 Å². The van der Waals surface area contributed by atoms with E-state index < -0.39 is 35.9 Å². The predicted molar refractivity (Wildman–Crippen MR) is 103 cm³/mol. The topological polar surface area (TPSA) is 105 Å². The van der Waals surface area contributed by atoms with Crippen molar-refractivity contribution in [1.29, 1.82) is 0 Å². The normalized spacial score (nSPS) is 18.7. The van der Waals surface area contributed by atoms with Gasteiger partial charge in [0.2, 0.25) is 5.91 Å². The lowest BCUT2D eigenvalue weighted by Gasteiger charge is -2.22. The Morgan fingerprint density at radius 2 is 1.93 bits per heavy atom. The van der Waals surface area contributed by atoms with Crippen LogP contribution in [-0.2, 0) is 19.9 Å². The number of nitrogens with zero attached hydrogens (tertiary/aromatic N) is 1. The van der Waals surface area contributed by atoms with Gasteiger partial charge in [-0.2, -0.15) is 0 Å². The molecule has 0 bridgehead atoms. The summed E-state index contributed by atoms with van der Waals surface area (Å²) in [5.41, 5.74) is -0.386. The van der Waals surface area contributed by atoms with Crippen LogP contribution < -0.4 is 10.6 Å². The highest BCUT2D eigenvalue weighted by Gasteiger charge is 2.49. The second-order valence-electron chi connectivity index (χ2n) is 6.24. The molecule has 4 amide bonds. The molecule has 1 saturated heterocycles. The molecule has 1 atom stereocenters. The zero-order valence-electron chi connectivity index (χ0n) is 15.4. The molecule has 9 heteroatoms. The zero-order chi connectivity index (χ0) is 20.3. The Morgan fingerprint density at radius 3 is 2.61 bits per heavy atom. The summed E-state index contributed by atoms with van der Waals surface area (Å²) < 4.78 is 4.94. The summed E-state index contributed by atoms with van der Waals surface area (Å²) in [5, 5.41) is 7.16. The second kappa shape index (κ2) is 7.81. The van der Waals surface area contributed by atoms with Crippen LogP contribution in [0, 0.1) is 0 Å². The molecule has 1 aliphatic rings. The Balaban J connectivity index is 1.72. The summed E-state index contributed by atoms with van der Waals surface area (Å²) in [5.74, 6) is -1.66. The highest BCUT2D eigenvalue weighted by atomic mass is 32.1. The van der Waals surface area contributed by atoms with Crippen LogP contribution in [0.25, 0.3) is 0 Å². The van der Waals surface area contributed by atoms with E-state index in [0.717, 1.165) is 16.2 Å². The summed E-state index contributed by atoms with van der Waals surface area (Å²) >= 11 is 1.15. The number of thiophene rings is 1. The first-order valence-electron chi connectivity index (χ1n) is 8.61. The lowest BCUT2D eigenvalue weighted by Crippen LogP contribution is -2.42. The van der Waals surface area contributed by atoms with E-state index in [0.29, 0.717) is 10.6 Å². The minimum Gasteiger partial charge on any atom is -0.462 e. The molecular formula is C19H19N3O5S. The third-order valence-corrected chi connectivity index (χ3v) is 5.17. The van der Waals surface area contributed by atoms with Crippen LogP contribution in [0.1, 0.15) is 29.8 Å². The third kappa shape index (κ3) is 3.61. The fraction of sp³-hybridized carbons (Fsp3) is 0.263. The molecule has 0 radical (unpaired) electrons. The molecular weight excluding hydrogens is 382 g/mol. The molecule has 0 saturated carbocycles.